The Morgan fingerprint density at radius 2 is 2.06 bits per heavy atom. The summed E-state index contributed by atoms with van der Waals surface area (Å²) in [5.41, 5.74) is 4.86. The maximum atomic E-state index is 12.5. The number of methoxy groups -OCH3 is 1. The molecule has 0 unspecified atom stereocenters. The summed E-state index contributed by atoms with van der Waals surface area (Å²) in [5.74, 6) is 0.495. The Balaban J connectivity index is 1.48. The predicted octanol–water partition coefficient (Wildman–Crippen LogP) is 4.21. The second kappa shape index (κ2) is 9.57. The number of carbonyl (C=O) groups is 1. The van der Waals surface area contributed by atoms with Gasteiger partial charge in [-0.15, -0.1) is 0 Å². The smallest absolute Gasteiger partial charge is 0.257 e. The molecule has 1 atom stereocenters. The lowest BCUT2D eigenvalue weighted by Crippen LogP contribution is -2.13. The van der Waals surface area contributed by atoms with E-state index >= 15 is 0 Å². The molecule has 2 N–H and O–H groups in total. The van der Waals surface area contributed by atoms with Crippen LogP contribution in [0.25, 0.3) is 11.2 Å². The Morgan fingerprint density at radius 1 is 1.19 bits per heavy atom. The highest BCUT2D eigenvalue weighted by Crippen LogP contribution is 2.22. The van der Waals surface area contributed by atoms with E-state index < -0.39 is 0 Å². The molecule has 0 saturated heterocycles. The van der Waals surface area contributed by atoms with Crippen LogP contribution in [-0.2, 0) is 11.3 Å². The first kappa shape index (κ1) is 21.5. The van der Waals surface area contributed by atoms with Crippen LogP contribution >= 0.6 is 0 Å². The van der Waals surface area contributed by atoms with E-state index in [2.05, 4.69) is 20.6 Å². The van der Waals surface area contributed by atoms with Gasteiger partial charge in [0.15, 0.2) is 5.65 Å². The molecule has 3 heterocycles. The Labute approximate surface area is 186 Å². The van der Waals surface area contributed by atoms with Gasteiger partial charge in [0, 0.05) is 37.9 Å². The van der Waals surface area contributed by atoms with E-state index in [1.165, 1.54) is 0 Å². The van der Waals surface area contributed by atoms with Gasteiger partial charge in [0.2, 0.25) is 0 Å². The molecule has 1 aromatic carbocycles. The van der Waals surface area contributed by atoms with E-state index in [0.717, 1.165) is 28.0 Å². The van der Waals surface area contributed by atoms with E-state index in [0.29, 0.717) is 24.5 Å². The van der Waals surface area contributed by atoms with Crippen molar-refractivity contribution in [3.05, 3.63) is 77.9 Å². The SMILES string of the molecule is COCCn1ccc2ncc(N[C@@H](C)c3cccc(NC(=O)c4cncc(C)c4)c3)nc21. The molecule has 0 radical (unpaired) electrons. The fourth-order valence-electron chi connectivity index (χ4n) is 3.46. The number of fused-ring (bicyclic) bond motifs is 1. The van der Waals surface area contributed by atoms with Crippen LogP contribution in [0.2, 0.25) is 0 Å². The van der Waals surface area contributed by atoms with Crippen molar-refractivity contribution in [3.63, 3.8) is 0 Å². The average molecular weight is 431 g/mol. The van der Waals surface area contributed by atoms with E-state index in [-0.39, 0.29) is 11.9 Å². The zero-order chi connectivity index (χ0) is 22.5. The number of benzene rings is 1. The summed E-state index contributed by atoms with van der Waals surface area (Å²) in [6.07, 6.45) is 6.98. The summed E-state index contributed by atoms with van der Waals surface area (Å²) in [7, 11) is 1.68. The van der Waals surface area contributed by atoms with Crippen molar-refractivity contribution < 1.29 is 9.53 Å². The predicted molar refractivity (Wildman–Crippen MR) is 125 cm³/mol. The van der Waals surface area contributed by atoms with Crippen LogP contribution in [0.4, 0.5) is 11.5 Å². The van der Waals surface area contributed by atoms with Crippen molar-refractivity contribution >= 4 is 28.6 Å². The van der Waals surface area contributed by atoms with Crippen LogP contribution in [0.15, 0.2) is 61.2 Å². The summed E-state index contributed by atoms with van der Waals surface area (Å²) in [6, 6.07) is 11.5. The number of carbonyl (C=O) groups excluding carboxylic acids is 1. The van der Waals surface area contributed by atoms with Gasteiger partial charge in [0.25, 0.3) is 5.91 Å². The molecular formula is C24H26N6O2. The lowest BCUT2D eigenvalue weighted by Gasteiger charge is -2.16. The summed E-state index contributed by atoms with van der Waals surface area (Å²) in [4.78, 5) is 25.9. The minimum Gasteiger partial charge on any atom is -0.383 e. The third-order valence-corrected chi connectivity index (χ3v) is 5.15. The quantitative estimate of drug-likeness (QED) is 0.435. The third kappa shape index (κ3) is 4.92. The molecule has 0 aliphatic carbocycles. The molecule has 0 fully saturated rings. The van der Waals surface area contributed by atoms with E-state index in [1.54, 1.807) is 25.7 Å². The molecule has 4 aromatic rings. The van der Waals surface area contributed by atoms with Gasteiger partial charge in [0.05, 0.1) is 24.4 Å². The maximum absolute atomic E-state index is 12.5. The van der Waals surface area contributed by atoms with Gasteiger partial charge in [0.1, 0.15) is 11.3 Å². The molecule has 0 spiro atoms. The molecule has 4 rings (SSSR count). The first-order valence-electron chi connectivity index (χ1n) is 10.4. The minimum atomic E-state index is -0.188. The molecular weight excluding hydrogens is 404 g/mol. The van der Waals surface area contributed by atoms with Gasteiger partial charge < -0.3 is 19.9 Å². The number of nitrogens with one attached hydrogen (secondary N) is 2. The van der Waals surface area contributed by atoms with Crippen LogP contribution in [0.5, 0.6) is 0 Å². The van der Waals surface area contributed by atoms with Crippen molar-refractivity contribution in [1.29, 1.82) is 0 Å². The van der Waals surface area contributed by atoms with E-state index in [1.807, 2.05) is 61.0 Å². The summed E-state index contributed by atoms with van der Waals surface area (Å²) >= 11 is 0. The number of rotatable bonds is 8. The Kier molecular flexibility index (Phi) is 6.42. The topological polar surface area (TPSA) is 94.0 Å². The standard InChI is InChI=1S/C24H26N6O2/c1-16-11-19(14-25-13-16)24(31)28-20-6-4-5-18(12-20)17(2)27-22-15-26-21-7-8-30(9-10-32-3)23(21)29-22/h4-8,11-15,17H,9-10H2,1-3H3,(H,27,29)(H,28,31)/t17-/m0/s1. The van der Waals surface area contributed by atoms with Crippen molar-refractivity contribution in [2.24, 2.45) is 0 Å². The first-order chi connectivity index (χ1) is 15.5. The fourth-order valence-corrected chi connectivity index (χ4v) is 3.46. The number of anilines is 2. The number of pyridine rings is 1. The molecule has 0 aliphatic rings. The van der Waals surface area contributed by atoms with Crippen molar-refractivity contribution in [3.8, 4) is 0 Å². The van der Waals surface area contributed by atoms with Crippen molar-refractivity contribution in [2.75, 3.05) is 24.4 Å². The largest absolute Gasteiger partial charge is 0.383 e. The number of ether oxygens (including phenoxy) is 1. The molecule has 0 bridgehead atoms. The lowest BCUT2D eigenvalue weighted by atomic mass is 10.1. The number of amides is 1. The van der Waals surface area contributed by atoms with Gasteiger partial charge in [-0.2, -0.15) is 0 Å². The lowest BCUT2D eigenvalue weighted by molar-refractivity contribution is 0.102. The highest BCUT2D eigenvalue weighted by Gasteiger charge is 2.12. The molecule has 32 heavy (non-hydrogen) atoms. The van der Waals surface area contributed by atoms with Gasteiger partial charge >= 0.3 is 0 Å². The number of aromatic nitrogens is 4. The van der Waals surface area contributed by atoms with Gasteiger partial charge in [-0.25, -0.2) is 9.97 Å². The van der Waals surface area contributed by atoms with Crippen LogP contribution in [0.3, 0.4) is 0 Å². The van der Waals surface area contributed by atoms with Crippen LogP contribution in [-0.4, -0.2) is 39.1 Å². The molecule has 8 nitrogen and oxygen atoms in total. The second-order valence-electron chi connectivity index (χ2n) is 7.66. The Morgan fingerprint density at radius 3 is 2.88 bits per heavy atom. The van der Waals surface area contributed by atoms with Crippen LogP contribution in [0.1, 0.15) is 34.5 Å². The molecule has 3 aromatic heterocycles. The van der Waals surface area contributed by atoms with Crippen molar-refractivity contribution in [2.45, 2.75) is 26.4 Å². The van der Waals surface area contributed by atoms with E-state index in [4.69, 9.17) is 9.72 Å². The van der Waals surface area contributed by atoms with Crippen molar-refractivity contribution in [1.82, 2.24) is 19.5 Å². The fraction of sp³-hybridized carbons (Fsp3) is 0.250. The Bertz CT molecular complexity index is 1240. The minimum absolute atomic E-state index is 0.0402. The zero-order valence-electron chi connectivity index (χ0n) is 18.4. The first-order valence-corrected chi connectivity index (χ1v) is 10.4. The number of aryl methyl sites for hydroxylation is 1. The third-order valence-electron chi connectivity index (χ3n) is 5.15. The van der Waals surface area contributed by atoms with Gasteiger partial charge in [-0.3, -0.25) is 9.78 Å². The number of hydrogen-bond donors (Lipinski definition) is 2. The van der Waals surface area contributed by atoms with Crippen LogP contribution < -0.4 is 10.6 Å². The molecule has 0 saturated carbocycles. The molecule has 8 heteroatoms. The molecule has 164 valence electrons. The summed E-state index contributed by atoms with van der Waals surface area (Å²) in [5, 5.41) is 6.34. The highest BCUT2D eigenvalue weighted by atomic mass is 16.5. The average Bonchev–Trinajstić information content (AvgIpc) is 3.20. The van der Waals surface area contributed by atoms with E-state index in [9.17, 15) is 4.79 Å². The second-order valence-corrected chi connectivity index (χ2v) is 7.66. The highest BCUT2D eigenvalue weighted by molar-refractivity contribution is 6.04. The van der Waals surface area contributed by atoms with Gasteiger partial charge in [-0.1, -0.05) is 12.1 Å². The summed E-state index contributed by atoms with van der Waals surface area (Å²) in [6.45, 7) is 5.27. The summed E-state index contributed by atoms with van der Waals surface area (Å²) < 4.78 is 7.20. The normalized spacial score (nSPS) is 12.0. The zero-order valence-corrected chi connectivity index (χ0v) is 18.4. The monoisotopic (exact) mass is 430 g/mol. The maximum Gasteiger partial charge on any atom is 0.257 e. The molecule has 1 amide bonds. The molecule has 0 aliphatic heterocycles. The number of hydrogen-bond acceptors (Lipinski definition) is 6. The van der Waals surface area contributed by atoms with Gasteiger partial charge in [-0.05, 0) is 49.2 Å². The van der Waals surface area contributed by atoms with Crippen LogP contribution in [0, 0.1) is 6.92 Å². The number of nitrogens with zero attached hydrogens (tertiary/aromatic N) is 4. The Hall–Kier alpha value is -3.78.